The molecule has 1 saturated carbocycles. The normalized spacial score (nSPS) is 21.0. The summed E-state index contributed by atoms with van der Waals surface area (Å²) in [6.45, 7) is 3.90. The van der Waals surface area contributed by atoms with Crippen molar-refractivity contribution in [2.45, 2.75) is 57.5 Å². The second kappa shape index (κ2) is 7.92. The van der Waals surface area contributed by atoms with Crippen molar-refractivity contribution in [1.29, 1.82) is 0 Å². The van der Waals surface area contributed by atoms with Crippen molar-refractivity contribution in [3.05, 3.63) is 10.6 Å². The Kier molecular flexibility index (Phi) is 5.40. The van der Waals surface area contributed by atoms with Crippen LogP contribution in [0.25, 0.3) is 0 Å². The second-order valence-electron chi connectivity index (χ2n) is 7.52. The molecule has 7 nitrogen and oxygen atoms in total. The number of carbonyl (C=O) groups excluding carboxylic acids is 2. The minimum absolute atomic E-state index is 0.149. The van der Waals surface area contributed by atoms with E-state index in [2.05, 4.69) is 20.5 Å². The Bertz CT molecular complexity index is 665. The maximum absolute atomic E-state index is 12.3. The first-order chi connectivity index (χ1) is 12.7. The van der Waals surface area contributed by atoms with Crippen LogP contribution in [0.1, 0.15) is 49.1 Å². The van der Waals surface area contributed by atoms with Gasteiger partial charge in [0, 0.05) is 43.5 Å². The Morgan fingerprint density at radius 1 is 1.12 bits per heavy atom. The summed E-state index contributed by atoms with van der Waals surface area (Å²) in [6.07, 6.45) is 7.63. The minimum Gasteiger partial charge on any atom is -0.342 e. The van der Waals surface area contributed by atoms with Crippen molar-refractivity contribution >= 4 is 28.4 Å². The molecular weight excluding hydrogens is 350 g/mol. The van der Waals surface area contributed by atoms with Gasteiger partial charge < -0.3 is 10.2 Å². The number of anilines is 1. The van der Waals surface area contributed by atoms with Gasteiger partial charge in [-0.15, -0.1) is 11.3 Å². The molecule has 2 fully saturated rings. The Balaban J connectivity index is 1.30. The fourth-order valence-electron chi connectivity index (χ4n) is 4.08. The van der Waals surface area contributed by atoms with E-state index in [-0.39, 0.29) is 11.9 Å². The van der Waals surface area contributed by atoms with Gasteiger partial charge in [-0.25, -0.2) is 9.78 Å². The SMILES string of the molecule is O=C(Nc1nc2c(s1)CN(CC(=O)N1CCCC1)CC2)NC1CCCC1. The van der Waals surface area contributed by atoms with Crippen LogP contribution in [0.3, 0.4) is 0 Å². The quantitative estimate of drug-likeness (QED) is 0.843. The molecule has 2 aliphatic heterocycles. The third-order valence-electron chi connectivity index (χ3n) is 5.54. The lowest BCUT2D eigenvalue weighted by Gasteiger charge is -2.27. The van der Waals surface area contributed by atoms with Crippen LogP contribution in [0.2, 0.25) is 0 Å². The average molecular weight is 378 g/mol. The molecule has 3 amide bonds. The van der Waals surface area contributed by atoms with Gasteiger partial charge in [-0.1, -0.05) is 12.8 Å². The van der Waals surface area contributed by atoms with E-state index in [4.69, 9.17) is 0 Å². The van der Waals surface area contributed by atoms with Crippen LogP contribution in [0.4, 0.5) is 9.93 Å². The highest BCUT2D eigenvalue weighted by atomic mass is 32.1. The molecule has 142 valence electrons. The summed E-state index contributed by atoms with van der Waals surface area (Å²) in [5.74, 6) is 0.241. The summed E-state index contributed by atoms with van der Waals surface area (Å²) in [7, 11) is 0. The van der Waals surface area contributed by atoms with Crippen LogP contribution in [0.15, 0.2) is 0 Å². The van der Waals surface area contributed by atoms with Gasteiger partial charge in [-0.05, 0) is 25.7 Å². The first kappa shape index (κ1) is 17.7. The van der Waals surface area contributed by atoms with Gasteiger partial charge in [-0.2, -0.15) is 0 Å². The number of fused-ring (bicyclic) bond motifs is 1. The third kappa shape index (κ3) is 4.17. The average Bonchev–Trinajstić information content (AvgIpc) is 3.35. The Morgan fingerprint density at radius 3 is 2.65 bits per heavy atom. The molecule has 1 saturated heterocycles. The van der Waals surface area contributed by atoms with Crippen molar-refractivity contribution in [3.63, 3.8) is 0 Å². The molecule has 2 N–H and O–H groups in total. The summed E-state index contributed by atoms with van der Waals surface area (Å²) in [4.78, 5) is 34.4. The van der Waals surface area contributed by atoms with Crippen molar-refractivity contribution < 1.29 is 9.59 Å². The number of likely N-dealkylation sites (tertiary alicyclic amines) is 1. The fourth-order valence-corrected chi connectivity index (χ4v) is 5.13. The van der Waals surface area contributed by atoms with E-state index < -0.39 is 0 Å². The van der Waals surface area contributed by atoms with Gasteiger partial charge in [-0.3, -0.25) is 15.0 Å². The van der Waals surface area contributed by atoms with Crippen molar-refractivity contribution in [2.75, 3.05) is 31.5 Å². The summed E-state index contributed by atoms with van der Waals surface area (Å²) in [6, 6.07) is 0.153. The molecule has 1 aromatic heterocycles. The monoisotopic (exact) mass is 377 g/mol. The van der Waals surface area contributed by atoms with E-state index in [9.17, 15) is 9.59 Å². The topological polar surface area (TPSA) is 77.6 Å². The number of carbonyl (C=O) groups is 2. The van der Waals surface area contributed by atoms with E-state index in [1.807, 2.05) is 4.90 Å². The zero-order valence-electron chi connectivity index (χ0n) is 15.1. The number of hydrogen-bond acceptors (Lipinski definition) is 5. The number of urea groups is 1. The van der Waals surface area contributed by atoms with E-state index >= 15 is 0 Å². The maximum atomic E-state index is 12.3. The molecule has 0 aromatic carbocycles. The Morgan fingerprint density at radius 2 is 1.88 bits per heavy atom. The van der Waals surface area contributed by atoms with E-state index in [0.717, 1.165) is 64.0 Å². The number of nitrogens with zero attached hydrogens (tertiary/aromatic N) is 3. The van der Waals surface area contributed by atoms with Crippen molar-refractivity contribution in [2.24, 2.45) is 0 Å². The maximum Gasteiger partial charge on any atom is 0.321 e. The number of rotatable bonds is 4. The number of aromatic nitrogens is 1. The third-order valence-corrected chi connectivity index (χ3v) is 6.54. The van der Waals surface area contributed by atoms with Gasteiger partial charge in [0.05, 0.1) is 12.2 Å². The molecule has 0 unspecified atom stereocenters. The van der Waals surface area contributed by atoms with Gasteiger partial charge in [0.2, 0.25) is 5.91 Å². The predicted molar refractivity (Wildman–Crippen MR) is 101 cm³/mol. The molecule has 0 spiro atoms. The van der Waals surface area contributed by atoms with E-state index in [1.54, 1.807) is 0 Å². The molecule has 8 heteroatoms. The highest BCUT2D eigenvalue weighted by molar-refractivity contribution is 7.15. The van der Waals surface area contributed by atoms with Gasteiger partial charge >= 0.3 is 6.03 Å². The lowest BCUT2D eigenvalue weighted by molar-refractivity contribution is -0.131. The zero-order valence-corrected chi connectivity index (χ0v) is 15.9. The molecule has 4 rings (SSSR count). The van der Waals surface area contributed by atoms with Crippen LogP contribution in [-0.2, 0) is 17.8 Å². The number of hydrogen-bond donors (Lipinski definition) is 2. The fraction of sp³-hybridized carbons (Fsp3) is 0.722. The molecular formula is C18H27N5O2S. The Hall–Kier alpha value is -1.67. The van der Waals surface area contributed by atoms with Gasteiger partial charge in [0.15, 0.2) is 5.13 Å². The Labute approximate surface area is 158 Å². The molecule has 3 aliphatic rings. The first-order valence-corrected chi connectivity index (χ1v) is 10.6. The van der Waals surface area contributed by atoms with Crippen LogP contribution in [0, 0.1) is 0 Å². The highest BCUT2D eigenvalue weighted by Gasteiger charge is 2.26. The standard InChI is InChI=1S/C18H27N5O2S/c24-16(23-8-3-4-9-23)12-22-10-7-14-15(11-22)26-18(20-14)21-17(25)19-13-5-1-2-6-13/h13H,1-12H2,(H2,19,20,21,25). The van der Waals surface area contributed by atoms with Gasteiger partial charge in [0.25, 0.3) is 0 Å². The van der Waals surface area contributed by atoms with Crippen molar-refractivity contribution in [3.8, 4) is 0 Å². The molecule has 1 aromatic rings. The lowest BCUT2D eigenvalue weighted by atomic mass is 10.2. The smallest absolute Gasteiger partial charge is 0.321 e. The highest BCUT2D eigenvalue weighted by Crippen LogP contribution is 2.28. The summed E-state index contributed by atoms with van der Waals surface area (Å²) in [5.41, 5.74) is 1.07. The van der Waals surface area contributed by atoms with Crippen LogP contribution in [-0.4, -0.2) is 58.9 Å². The van der Waals surface area contributed by atoms with Gasteiger partial charge in [0.1, 0.15) is 0 Å². The number of amides is 3. The molecule has 1 aliphatic carbocycles. The molecule has 26 heavy (non-hydrogen) atoms. The van der Waals surface area contributed by atoms with Crippen LogP contribution >= 0.6 is 11.3 Å². The molecule has 0 atom stereocenters. The van der Waals surface area contributed by atoms with Crippen LogP contribution in [0.5, 0.6) is 0 Å². The summed E-state index contributed by atoms with van der Waals surface area (Å²) >= 11 is 1.54. The largest absolute Gasteiger partial charge is 0.342 e. The molecule has 0 bridgehead atoms. The van der Waals surface area contributed by atoms with E-state index in [0.29, 0.717) is 17.7 Å². The first-order valence-electron chi connectivity index (χ1n) is 9.73. The summed E-state index contributed by atoms with van der Waals surface area (Å²) < 4.78 is 0. The number of nitrogens with one attached hydrogen (secondary N) is 2. The second-order valence-corrected chi connectivity index (χ2v) is 8.60. The van der Waals surface area contributed by atoms with Crippen molar-refractivity contribution in [1.82, 2.24) is 20.1 Å². The molecule has 0 radical (unpaired) electrons. The minimum atomic E-state index is -0.149. The van der Waals surface area contributed by atoms with Crippen LogP contribution < -0.4 is 10.6 Å². The molecule has 3 heterocycles. The predicted octanol–water partition coefficient (Wildman–Crippen LogP) is 2.19. The number of thiazole rings is 1. The zero-order chi connectivity index (χ0) is 17.9. The van der Waals surface area contributed by atoms with E-state index in [1.165, 1.54) is 29.1 Å². The lowest BCUT2D eigenvalue weighted by Crippen LogP contribution is -2.40. The summed E-state index contributed by atoms with van der Waals surface area (Å²) in [5, 5.41) is 6.58.